The van der Waals surface area contributed by atoms with Crippen molar-refractivity contribution < 1.29 is 19.1 Å². The van der Waals surface area contributed by atoms with Crippen LogP contribution in [0.15, 0.2) is 48.5 Å². The molecule has 0 aliphatic rings. The van der Waals surface area contributed by atoms with Gasteiger partial charge in [-0.2, -0.15) is 0 Å². The lowest BCUT2D eigenvalue weighted by Gasteiger charge is -2.11. The Kier molecular flexibility index (Phi) is 13.7. The third-order valence-electron chi connectivity index (χ3n) is 6.22. The van der Waals surface area contributed by atoms with Gasteiger partial charge in [0.05, 0.1) is 17.7 Å². The molecule has 4 nitrogen and oxygen atoms in total. The molecule has 2 aromatic rings. The van der Waals surface area contributed by atoms with E-state index in [0.717, 1.165) is 24.0 Å². The zero-order chi connectivity index (χ0) is 24.4. The van der Waals surface area contributed by atoms with Gasteiger partial charge in [0.1, 0.15) is 6.61 Å². The predicted molar refractivity (Wildman–Crippen MR) is 138 cm³/mol. The fourth-order valence-corrected chi connectivity index (χ4v) is 4.02. The monoisotopic (exact) mass is 466 g/mol. The zero-order valence-corrected chi connectivity index (χ0v) is 21.2. The molecule has 0 fully saturated rings. The minimum absolute atomic E-state index is 0.174. The van der Waals surface area contributed by atoms with Crippen molar-refractivity contribution in [2.75, 3.05) is 6.61 Å². The van der Waals surface area contributed by atoms with E-state index < -0.39 is 11.9 Å². The second-order valence-electron chi connectivity index (χ2n) is 9.07. The topological polar surface area (TPSA) is 52.6 Å². The SMILES string of the molecule is CCCCCCCCCCCCCCOC(=O)c1ccccc1C(=O)OCc1ccccc1C. The maximum atomic E-state index is 12.6. The van der Waals surface area contributed by atoms with Crippen LogP contribution in [-0.4, -0.2) is 18.5 Å². The number of benzene rings is 2. The van der Waals surface area contributed by atoms with Gasteiger partial charge in [-0.15, -0.1) is 0 Å². The molecule has 0 bridgehead atoms. The van der Waals surface area contributed by atoms with E-state index >= 15 is 0 Å². The average molecular weight is 467 g/mol. The summed E-state index contributed by atoms with van der Waals surface area (Å²) in [6.07, 6.45) is 15.1. The lowest BCUT2D eigenvalue weighted by Crippen LogP contribution is -2.14. The Morgan fingerprint density at radius 2 is 1.09 bits per heavy atom. The molecule has 0 aromatic heterocycles. The Bertz CT molecular complexity index is 858. The van der Waals surface area contributed by atoms with Crippen molar-refractivity contribution in [1.29, 1.82) is 0 Å². The highest BCUT2D eigenvalue weighted by Gasteiger charge is 2.19. The molecular formula is C30H42O4. The first-order valence-electron chi connectivity index (χ1n) is 13.1. The van der Waals surface area contributed by atoms with E-state index in [-0.39, 0.29) is 17.7 Å². The number of unbranched alkanes of at least 4 members (excludes halogenated alkanes) is 11. The summed E-state index contributed by atoms with van der Waals surface area (Å²) in [5, 5.41) is 0. The van der Waals surface area contributed by atoms with Crippen molar-refractivity contribution >= 4 is 11.9 Å². The minimum Gasteiger partial charge on any atom is -0.462 e. The van der Waals surface area contributed by atoms with Crippen molar-refractivity contribution in [2.24, 2.45) is 0 Å². The Morgan fingerprint density at radius 1 is 0.618 bits per heavy atom. The maximum Gasteiger partial charge on any atom is 0.339 e. The molecule has 0 amide bonds. The van der Waals surface area contributed by atoms with Gasteiger partial charge in [0.15, 0.2) is 0 Å². The molecule has 0 heterocycles. The molecule has 34 heavy (non-hydrogen) atoms. The molecule has 0 atom stereocenters. The highest BCUT2D eigenvalue weighted by molar-refractivity contribution is 6.03. The molecule has 0 saturated heterocycles. The van der Waals surface area contributed by atoms with Crippen LogP contribution >= 0.6 is 0 Å². The first-order valence-corrected chi connectivity index (χ1v) is 13.1. The van der Waals surface area contributed by atoms with Crippen LogP contribution in [0.3, 0.4) is 0 Å². The van der Waals surface area contributed by atoms with Gasteiger partial charge in [0.2, 0.25) is 0 Å². The average Bonchev–Trinajstić information content (AvgIpc) is 2.86. The van der Waals surface area contributed by atoms with Crippen LogP contribution < -0.4 is 0 Å². The highest BCUT2D eigenvalue weighted by Crippen LogP contribution is 2.16. The molecule has 186 valence electrons. The summed E-state index contributed by atoms with van der Waals surface area (Å²) in [4.78, 5) is 25.2. The Labute approximate surface area is 206 Å². The van der Waals surface area contributed by atoms with E-state index in [1.54, 1.807) is 24.3 Å². The fourth-order valence-electron chi connectivity index (χ4n) is 4.02. The highest BCUT2D eigenvalue weighted by atomic mass is 16.5. The van der Waals surface area contributed by atoms with Crippen molar-refractivity contribution in [1.82, 2.24) is 0 Å². The zero-order valence-electron chi connectivity index (χ0n) is 21.2. The van der Waals surface area contributed by atoms with E-state index in [1.165, 1.54) is 64.2 Å². The number of carbonyl (C=O) groups excluding carboxylic acids is 2. The van der Waals surface area contributed by atoms with Crippen LogP contribution in [0.2, 0.25) is 0 Å². The lowest BCUT2D eigenvalue weighted by atomic mass is 10.1. The largest absolute Gasteiger partial charge is 0.462 e. The third-order valence-corrected chi connectivity index (χ3v) is 6.22. The predicted octanol–water partition coefficient (Wildman–Crippen LogP) is 8.21. The van der Waals surface area contributed by atoms with Gasteiger partial charge in [-0.05, 0) is 36.6 Å². The van der Waals surface area contributed by atoms with Crippen LogP contribution in [-0.2, 0) is 16.1 Å². The second-order valence-corrected chi connectivity index (χ2v) is 9.07. The molecule has 0 saturated carbocycles. The smallest absolute Gasteiger partial charge is 0.339 e. The summed E-state index contributed by atoms with van der Waals surface area (Å²) in [7, 11) is 0. The van der Waals surface area contributed by atoms with Crippen LogP contribution in [0, 0.1) is 6.92 Å². The summed E-state index contributed by atoms with van der Waals surface area (Å²) < 4.78 is 10.9. The summed E-state index contributed by atoms with van der Waals surface area (Å²) in [5.41, 5.74) is 2.51. The number of hydrogen-bond donors (Lipinski definition) is 0. The normalized spacial score (nSPS) is 10.8. The molecule has 4 heteroatoms. The molecule has 0 N–H and O–H groups in total. The first kappa shape index (κ1) is 27.6. The summed E-state index contributed by atoms with van der Waals surface area (Å²) in [6.45, 7) is 4.78. The van der Waals surface area contributed by atoms with Crippen molar-refractivity contribution in [3.05, 3.63) is 70.8 Å². The van der Waals surface area contributed by atoms with Gasteiger partial charge in [-0.1, -0.05) is 114 Å². The summed E-state index contributed by atoms with van der Waals surface area (Å²) in [6, 6.07) is 14.5. The molecule has 2 rings (SSSR count). The molecule has 2 aromatic carbocycles. The number of carbonyl (C=O) groups is 2. The Hall–Kier alpha value is -2.62. The summed E-state index contributed by atoms with van der Waals surface area (Å²) >= 11 is 0. The van der Waals surface area contributed by atoms with Crippen molar-refractivity contribution in [3.8, 4) is 0 Å². The van der Waals surface area contributed by atoms with Crippen LogP contribution in [0.1, 0.15) is 116 Å². The molecule has 0 unspecified atom stereocenters. The molecule has 0 radical (unpaired) electrons. The Morgan fingerprint density at radius 3 is 1.65 bits per heavy atom. The third kappa shape index (κ3) is 10.5. The van der Waals surface area contributed by atoms with Crippen LogP contribution in [0.4, 0.5) is 0 Å². The van der Waals surface area contributed by atoms with E-state index in [9.17, 15) is 9.59 Å². The lowest BCUT2D eigenvalue weighted by molar-refractivity contribution is 0.0436. The van der Waals surface area contributed by atoms with Gasteiger partial charge in [-0.25, -0.2) is 9.59 Å². The Balaban J connectivity index is 1.63. The number of hydrogen-bond acceptors (Lipinski definition) is 4. The molecule has 0 aliphatic carbocycles. The van der Waals surface area contributed by atoms with Crippen molar-refractivity contribution in [3.63, 3.8) is 0 Å². The molecular weight excluding hydrogens is 424 g/mol. The first-order chi connectivity index (χ1) is 16.6. The van der Waals surface area contributed by atoms with E-state index in [2.05, 4.69) is 6.92 Å². The number of ether oxygens (including phenoxy) is 2. The number of esters is 2. The molecule has 0 spiro atoms. The minimum atomic E-state index is -0.513. The quantitative estimate of drug-likeness (QED) is 0.174. The number of rotatable bonds is 17. The van der Waals surface area contributed by atoms with E-state index in [1.807, 2.05) is 31.2 Å². The van der Waals surface area contributed by atoms with E-state index in [4.69, 9.17) is 9.47 Å². The number of aryl methyl sites for hydroxylation is 1. The van der Waals surface area contributed by atoms with Gasteiger partial charge in [-0.3, -0.25) is 0 Å². The van der Waals surface area contributed by atoms with Gasteiger partial charge >= 0.3 is 11.9 Å². The van der Waals surface area contributed by atoms with Crippen molar-refractivity contribution in [2.45, 2.75) is 97.5 Å². The van der Waals surface area contributed by atoms with Crippen LogP contribution in [0.25, 0.3) is 0 Å². The van der Waals surface area contributed by atoms with Gasteiger partial charge < -0.3 is 9.47 Å². The second kappa shape index (κ2) is 16.9. The van der Waals surface area contributed by atoms with Gasteiger partial charge in [0.25, 0.3) is 0 Å². The van der Waals surface area contributed by atoms with Gasteiger partial charge in [0, 0.05) is 0 Å². The molecule has 0 aliphatic heterocycles. The maximum absolute atomic E-state index is 12.6. The standard InChI is InChI=1S/C30H42O4/c1-3-4-5-6-7-8-9-10-11-12-13-18-23-33-29(31)27-21-16-17-22-28(27)30(32)34-24-26-20-15-14-19-25(26)2/h14-17,19-22H,3-13,18,23-24H2,1-2H3. The van der Waals surface area contributed by atoms with Crippen LogP contribution in [0.5, 0.6) is 0 Å². The summed E-state index contributed by atoms with van der Waals surface area (Å²) in [5.74, 6) is -0.979. The van der Waals surface area contributed by atoms with E-state index in [0.29, 0.717) is 6.61 Å². The fraction of sp³-hybridized carbons (Fsp3) is 0.533.